The van der Waals surface area contributed by atoms with Crippen LogP contribution in [-0.4, -0.2) is 41.5 Å². The Morgan fingerprint density at radius 3 is 1.73 bits per heavy atom. The Labute approximate surface area is 145 Å². The lowest BCUT2D eigenvalue weighted by atomic mass is 9.77. The van der Waals surface area contributed by atoms with Gasteiger partial charge in [-0.05, 0) is 51.0 Å². The van der Waals surface area contributed by atoms with Crippen LogP contribution in [0.1, 0.15) is 79.6 Å². The largest absolute Gasteiger partial charge is 0.299 e. The highest BCUT2D eigenvalue weighted by Crippen LogP contribution is 2.34. The fraction of sp³-hybridized carbons (Fsp3) is 1.00. The van der Waals surface area contributed by atoms with Gasteiger partial charge in [0.2, 0.25) is 0 Å². The zero-order chi connectivity index (χ0) is 17.2. The van der Waals surface area contributed by atoms with Crippen LogP contribution in [0.25, 0.3) is 0 Å². The lowest BCUT2D eigenvalue weighted by molar-refractivity contribution is 0.115. The van der Waals surface area contributed by atoms with E-state index in [1.54, 1.807) is 0 Å². The summed E-state index contributed by atoms with van der Waals surface area (Å²) in [5.74, 6) is 0. The van der Waals surface area contributed by atoms with Crippen LogP contribution in [0.3, 0.4) is 0 Å². The minimum atomic E-state index is 0.328. The first-order valence-corrected chi connectivity index (χ1v) is 10.6. The van der Waals surface area contributed by atoms with Crippen molar-refractivity contribution in [3.8, 4) is 0 Å². The second kappa shape index (κ2) is 11.4. The summed E-state index contributed by atoms with van der Waals surface area (Å²) >= 11 is 0. The molecule has 2 atom stereocenters. The van der Waals surface area contributed by atoms with Crippen molar-refractivity contribution in [3.63, 3.8) is 0 Å². The summed E-state index contributed by atoms with van der Waals surface area (Å²) in [7, 11) is 8.06. The molecule has 0 radical (unpaired) electrons. The minimum absolute atomic E-state index is 0.328. The lowest BCUT2D eigenvalue weighted by Gasteiger charge is -2.42. The van der Waals surface area contributed by atoms with Gasteiger partial charge in [-0.15, -0.1) is 9.24 Å². The molecule has 0 saturated heterocycles. The molecule has 0 aliphatic rings. The first-order valence-electron chi connectivity index (χ1n) is 9.30. The summed E-state index contributed by atoms with van der Waals surface area (Å²) in [5.41, 5.74) is 0.841. The molecular formula is C18H42N2P2. The molecule has 0 amide bonds. The Hall–Kier alpha value is 0.780. The normalized spacial score (nSPS) is 13.4. The van der Waals surface area contributed by atoms with Crippen LogP contribution in [0.15, 0.2) is 0 Å². The molecule has 0 rings (SSSR count). The quantitative estimate of drug-likeness (QED) is 0.411. The fourth-order valence-corrected chi connectivity index (χ4v) is 4.60. The van der Waals surface area contributed by atoms with Crippen molar-refractivity contribution in [1.29, 1.82) is 0 Å². The second-order valence-corrected chi connectivity index (χ2v) is 8.12. The van der Waals surface area contributed by atoms with Crippen LogP contribution in [-0.2, 0) is 0 Å². The van der Waals surface area contributed by atoms with Crippen LogP contribution in [0.5, 0.6) is 0 Å². The molecule has 0 N–H and O–H groups in total. The zero-order valence-corrected chi connectivity index (χ0v) is 18.4. The van der Waals surface area contributed by atoms with Gasteiger partial charge >= 0.3 is 0 Å². The topological polar surface area (TPSA) is 6.48 Å². The highest BCUT2D eigenvalue weighted by molar-refractivity contribution is 7.16. The highest BCUT2D eigenvalue weighted by atomic mass is 31.0. The van der Waals surface area contributed by atoms with Gasteiger partial charge in [-0.3, -0.25) is 9.57 Å². The number of hydrogen-bond acceptors (Lipinski definition) is 2. The maximum Gasteiger partial charge on any atom is 0.0245 e. The van der Waals surface area contributed by atoms with E-state index in [2.05, 4.69) is 69.9 Å². The average Bonchev–Trinajstić information content (AvgIpc) is 2.53. The van der Waals surface area contributed by atoms with Crippen molar-refractivity contribution >= 4 is 18.6 Å². The fourth-order valence-electron chi connectivity index (χ4n) is 3.79. The molecule has 0 aromatic rings. The predicted octanol–water partition coefficient (Wildman–Crippen LogP) is 5.40. The summed E-state index contributed by atoms with van der Waals surface area (Å²) < 4.78 is 2.37. The maximum atomic E-state index is 2.95. The zero-order valence-electron chi connectivity index (χ0n) is 16.1. The van der Waals surface area contributed by atoms with Gasteiger partial charge in [0.25, 0.3) is 0 Å². The van der Waals surface area contributed by atoms with Gasteiger partial charge in [0.1, 0.15) is 0 Å². The number of nitrogens with zero attached hydrogens (tertiary/aromatic N) is 2. The Kier molecular flexibility index (Phi) is 11.8. The van der Waals surface area contributed by atoms with Crippen molar-refractivity contribution in [2.75, 3.05) is 26.4 Å². The lowest BCUT2D eigenvalue weighted by Crippen LogP contribution is -2.44. The summed E-state index contributed by atoms with van der Waals surface area (Å²) in [6.07, 6.45) is 10.0. The summed E-state index contributed by atoms with van der Waals surface area (Å²) in [5, 5.41) is 0. The third-order valence-corrected chi connectivity index (χ3v) is 7.12. The van der Waals surface area contributed by atoms with Gasteiger partial charge in [-0.25, -0.2) is 0 Å². The van der Waals surface area contributed by atoms with Gasteiger partial charge in [0.15, 0.2) is 0 Å². The third kappa shape index (κ3) is 6.35. The van der Waals surface area contributed by atoms with Crippen LogP contribution >= 0.6 is 18.6 Å². The van der Waals surface area contributed by atoms with Crippen LogP contribution in [0, 0.1) is 5.41 Å². The number of rotatable bonds is 13. The van der Waals surface area contributed by atoms with Crippen LogP contribution in [0.4, 0.5) is 0 Å². The Bertz CT molecular complexity index is 274. The first kappa shape index (κ1) is 22.8. The molecule has 0 bridgehead atoms. The molecular weight excluding hydrogens is 306 g/mol. The molecule has 2 nitrogen and oxygen atoms in total. The summed E-state index contributed by atoms with van der Waals surface area (Å²) in [4.78, 5) is 2.67. The molecule has 0 heterocycles. The molecule has 2 unspecified atom stereocenters. The maximum absolute atomic E-state index is 2.95. The van der Waals surface area contributed by atoms with E-state index in [-0.39, 0.29) is 0 Å². The Balaban J connectivity index is 4.84. The molecule has 134 valence electrons. The minimum Gasteiger partial charge on any atom is -0.299 e. The highest BCUT2D eigenvalue weighted by Gasteiger charge is 2.31. The van der Waals surface area contributed by atoms with E-state index in [0.717, 1.165) is 6.29 Å². The molecule has 0 aromatic heterocycles. The van der Waals surface area contributed by atoms with Crippen molar-refractivity contribution in [1.82, 2.24) is 9.57 Å². The summed E-state index contributed by atoms with van der Waals surface area (Å²) in [6, 6.07) is 0. The van der Waals surface area contributed by atoms with Crippen LogP contribution in [0.2, 0.25) is 0 Å². The van der Waals surface area contributed by atoms with Crippen molar-refractivity contribution < 1.29 is 0 Å². The van der Waals surface area contributed by atoms with Crippen LogP contribution < -0.4 is 0 Å². The van der Waals surface area contributed by atoms with E-state index >= 15 is 0 Å². The second-order valence-electron chi connectivity index (χ2n) is 6.98. The molecule has 0 aromatic carbocycles. The van der Waals surface area contributed by atoms with E-state index in [0.29, 0.717) is 11.0 Å². The standard InChI is InChI=1S/C18H42N2P2/c1-7-12-17(8-2,9-3)15-20(16-21)14-13-18(10-4,11-5)19(6)22/h7-16,21-22H2,1-6H3. The Morgan fingerprint density at radius 1 is 0.864 bits per heavy atom. The monoisotopic (exact) mass is 348 g/mol. The molecule has 4 heteroatoms. The van der Waals surface area contributed by atoms with Gasteiger partial charge in [0.05, 0.1) is 0 Å². The van der Waals surface area contributed by atoms with E-state index in [1.807, 2.05) is 0 Å². The third-order valence-electron chi connectivity index (χ3n) is 6.06. The average molecular weight is 348 g/mol. The predicted molar refractivity (Wildman–Crippen MR) is 109 cm³/mol. The Morgan fingerprint density at radius 2 is 1.41 bits per heavy atom. The van der Waals surface area contributed by atoms with E-state index in [1.165, 1.54) is 58.0 Å². The van der Waals surface area contributed by atoms with E-state index in [4.69, 9.17) is 0 Å². The molecule has 0 aliphatic carbocycles. The smallest absolute Gasteiger partial charge is 0.0245 e. The summed E-state index contributed by atoms with van der Waals surface area (Å²) in [6.45, 7) is 14.2. The van der Waals surface area contributed by atoms with E-state index < -0.39 is 0 Å². The van der Waals surface area contributed by atoms with Crippen molar-refractivity contribution in [2.45, 2.75) is 85.1 Å². The van der Waals surface area contributed by atoms with Crippen molar-refractivity contribution in [2.24, 2.45) is 5.41 Å². The van der Waals surface area contributed by atoms with Gasteiger partial charge < -0.3 is 0 Å². The number of hydrogen-bond donors (Lipinski definition) is 0. The molecule has 0 spiro atoms. The molecule has 22 heavy (non-hydrogen) atoms. The SMILES string of the molecule is CCCC(CC)(CC)CN(CP)CCC(CC)(CC)N(C)P. The van der Waals surface area contributed by atoms with Gasteiger partial charge in [-0.1, -0.05) is 50.4 Å². The first-order chi connectivity index (χ1) is 10.4. The molecule has 0 aliphatic heterocycles. The molecule has 0 saturated carbocycles. The van der Waals surface area contributed by atoms with E-state index in [9.17, 15) is 0 Å². The van der Waals surface area contributed by atoms with Gasteiger partial charge in [0, 0.05) is 24.9 Å². The molecule has 0 fully saturated rings. The van der Waals surface area contributed by atoms with Gasteiger partial charge in [-0.2, -0.15) is 0 Å². The van der Waals surface area contributed by atoms with Crippen molar-refractivity contribution in [3.05, 3.63) is 0 Å².